The molecular weight excluding hydrogens is 422 g/mol. The van der Waals surface area contributed by atoms with Crippen molar-refractivity contribution in [3.8, 4) is 0 Å². The standard InChI is InChI=1S/C26H41NO4S/c1-17-8-9-23(18(2)12-22-16-32-21(5)27-22)31-24(28)10-11-26(6,7)13-19(3)25(29)20(4)15-30-14-17/h8,10-12,19-20,22-23,25,29H,9,13-16H2,1-7H3/b11-10+,17-8-,18-12+/t19-,20-,22?,23-,25+/m0/s1. The highest BCUT2D eigenvalue weighted by atomic mass is 32.2. The van der Waals surface area contributed by atoms with Crippen molar-refractivity contribution in [3.05, 3.63) is 35.5 Å². The molecule has 1 unspecified atom stereocenters. The summed E-state index contributed by atoms with van der Waals surface area (Å²) in [6.07, 6.45) is 8.22. The van der Waals surface area contributed by atoms with E-state index in [1.165, 1.54) is 0 Å². The van der Waals surface area contributed by atoms with Crippen molar-refractivity contribution >= 4 is 22.8 Å². The van der Waals surface area contributed by atoms with E-state index in [4.69, 9.17) is 9.47 Å². The second-order valence-corrected chi connectivity index (χ2v) is 11.3. The average Bonchev–Trinajstić information content (AvgIpc) is 3.12. The third-order valence-corrected chi connectivity index (χ3v) is 7.14. The van der Waals surface area contributed by atoms with Crippen molar-refractivity contribution in [1.29, 1.82) is 0 Å². The molecule has 6 heteroatoms. The Kier molecular flexibility index (Phi) is 10.2. The second kappa shape index (κ2) is 12.2. The van der Waals surface area contributed by atoms with Crippen molar-refractivity contribution in [2.45, 2.75) is 79.6 Å². The molecule has 0 saturated heterocycles. The molecular formula is C26H41NO4S. The number of carbonyl (C=O) groups excluding carboxylic acids is 1. The first kappa shape index (κ1) is 26.9. The van der Waals surface area contributed by atoms with E-state index in [1.54, 1.807) is 17.8 Å². The average molecular weight is 464 g/mol. The summed E-state index contributed by atoms with van der Waals surface area (Å²) in [5.41, 5.74) is 1.87. The van der Waals surface area contributed by atoms with Gasteiger partial charge in [0.1, 0.15) is 6.10 Å². The van der Waals surface area contributed by atoms with Crippen molar-refractivity contribution < 1.29 is 19.4 Å². The third-order valence-electron chi connectivity index (χ3n) is 6.11. The summed E-state index contributed by atoms with van der Waals surface area (Å²) in [6, 6.07) is 0.136. The van der Waals surface area contributed by atoms with E-state index >= 15 is 0 Å². The van der Waals surface area contributed by atoms with Gasteiger partial charge in [-0.15, -0.1) is 11.8 Å². The Labute approximate surface area is 198 Å². The summed E-state index contributed by atoms with van der Waals surface area (Å²) in [6.45, 7) is 15.3. The number of esters is 1. The summed E-state index contributed by atoms with van der Waals surface area (Å²) in [7, 11) is 0. The van der Waals surface area contributed by atoms with Crippen LogP contribution in [0, 0.1) is 17.3 Å². The van der Waals surface area contributed by atoms with Gasteiger partial charge in [-0.1, -0.05) is 51.5 Å². The van der Waals surface area contributed by atoms with E-state index in [9.17, 15) is 9.90 Å². The smallest absolute Gasteiger partial charge is 0.331 e. The van der Waals surface area contributed by atoms with E-state index in [2.05, 4.69) is 37.9 Å². The van der Waals surface area contributed by atoms with E-state index in [0.29, 0.717) is 19.6 Å². The molecule has 32 heavy (non-hydrogen) atoms. The molecule has 2 rings (SSSR count). The van der Waals surface area contributed by atoms with Gasteiger partial charge in [0.15, 0.2) is 0 Å². The van der Waals surface area contributed by atoms with Gasteiger partial charge in [0.25, 0.3) is 0 Å². The van der Waals surface area contributed by atoms with Gasteiger partial charge in [0, 0.05) is 24.2 Å². The highest BCUT2D eigenvalue weighted by Gasteiger charge is 2.27. The van der Waals surface area contributed by atoms with Gasteiger partial charge in [-0.25, -0.2) is 4.79 Å². The molecule has 0 aromatic heterocycles. The van der Waals surface area contributed by atoms with Crippen LogP contribution in [-0.2, 0) is 14.3 Å². The van der Waals surface area contributed by atoms with Crippen LogP contribution in [0.2, 0.25) is 0 Å². The number of carbonyl (C=O) groups is 1. The number of aliphatic imine (C=N–C) groups is 1. The van der Waals surface area contributed by atoms with Crippen LogP contribution in [0.1, 0.15) is 61.3 Å². The van der Waals surface area contributed by atoms with Crippen LogP contribution in [0.15, 0.2) is 40.4 Å². The highest BCUT2D eigenvalue weighted by molar-refractivity contribution is 8.14. The first-order valence-electron chi connectivity index (χ1n) is 11.6. The van der Waals surface area contributed by atoms with Crippen LogP contribution >= 0.6 is 11.8 Å². The molecule has 0 bridgehead atoms. The van der Waals surface area contributed by atoms with Gasteiger partial charge in [-0.3, -0.25) is 4.99 Å². The molecule has 0 amide bonds. The van der Waals surface area contributed by atoms with Gasteiger partial charge < -0.3 is 14.6 Å². The number of ether oxygens (including phenoxy) is 2. The second-order valence-electron chi connectivity index (χ2n) is 10.1. The first-order chi connectivity index (χ1) is 15.0. The first-order valence-corrected chi connectivity index (χ1v) is 12.6. The van der Waals surface area contributed by atoms with Crippen molar-refractivity contribution in [1.82, 2.24) is 0 Å². The fourth-order valence-corrected chi connectivity index (χ4v) is 5.05. The highest BCUT2D eigenvalue weighted by Crippen LogP contribution is 2.31. The summed E-state index contributed by atoms with van der Waals surface area (Å²) in [4.78, 5) is 17.3. The lowest BCUT2D eigenvalue weighted by molar-refractivity contribution is -0.141. The fourth-order valence-electron chi connectivity index (χ4n) is 4.26. The summed E-state index contributed by atoms with van der Waals surface area (Å²) in [5.74, 6) is 0.719. The maximum atomic E-state index is 12.7. The Morgan fingerprint density at radius 1 is 1.28 bits per heavy atom. The maximum absolute atomic E-state index is 12.7. The van der Waals surface area contributed by atoms with Gasteiger partial charge in [-0.2, -0.15) is 0 Å². The Morgan fingerprint density at radius 3 is 2.66 bits per heavy atom. The van der Waals surface area contributed by atoms with Crippen LogP contribution in [0.5, 0.6) is 0 Å². The van der Waals surface area contributed by atoms with Gasteiger partial charge in [-0.05, 0) is 44.1 Å². The molecule has 1 N–H and O–H groups in total. The molecule has 5 atom stereocenters. The number of rotatable bonds is 2. The van der Waals surface area contributed by atoms with Gasteiger partial charge in [0.05, 0.1) is 30.4 Å². The van der Waals surface area contributed by atoms with Crippen LogP contribution in [0.25, 0.3) is 0 Å². The van der Waals surface area contributed by atoms with Gasteiger partial charge in [0.2, 0.25) is 0 Å². The molecule has 5 nitrogen and oxygen atoms in total. The normalized spacial score (nSPS) is 36.1. The summed E-state index contributed by atoms with van der Waals surface area (Å²) >= 11 is 1.76. The lowest BCUT2D eigenvalue weighted by Crippen LogP contribution is -2.31. The zero-order valence-corrected chi connectivity index (χ0v) is 21.6. The SMILES string of the molecule is CC1=NC(/C=C(\C)[C@@H]2C/C=C(/C)COC[C@H](C)[C@H](O)[C@@H](C)CC(C)(C)/C=C/C(=O)O2)CS1. The molecule has 0 aliphatic carbocycles. The third kappa shape index (κ3) is 8.87. The molecule has 0 spiro atoms. The van der Waals surface area contributed by atoms with Crippen molar-refractivity contribution in [2.75, 3.05) is 19.0 Å². The predicted octanol–water partition coefficient (Wildman–Crippen LogP) is 5.35. The van der Waals surface area contributed by atoms with Gasteiger partial charge >= 0.3 is 5.97 Å². The Bertz CT molecular complexity index is 768. The monoisotopic (exact) mass is 463 g/mol. The van der Waals surface area contributed by atoms with Crippen molar-refractivity contribution in [2.24, 2.45) is 22.2 Å². The van der Waals surface area contributed by atoms with Crippen LogP contribution in [-0.4, -0.2) is 53.3 Å². The summed E-state index contributed by atoms with van der Waals surface area (Å²) < 4.78 is 11.8. The zero-order valence-electron chi connectivity index (χ0n) is 20.8. The summed E-state index contributed by atoms with van der Waals surface area (Å²) in [5, 5.41) is 11.8. The number of allylic oxidation sites excluding steroid dienone is 1. The molecule has 2 aliphatic rings. The van der Waals surface area contributed by atoms with E-state index in [1.807, 2.05) is 33.8 Å². The topological polar surface area (TPSA) is 68.1 Å². The number of aliphatic hydroxyl groups is 1. The Morgan fingerprint density at radius 2 is 2.00 bits per heavy atom. The minimum absolute atomic E-state index is 0.0432. The molecule has 0 radical (unpaired) electrons. The lowest BCUT2D eigenvalue weighted by Gasteiger charge is -2.31. The number of cyclic esters (lactones) is 1. The van der Waals surface area contributed by atoms with Crippen molar-refractivity contribution in [3.63, 3.8) is 0 Å². The predicted molar refractivity (Wildman–Crippen MR) is 134 cm³/mol. The molecule has 0 fully saturated rings. The number of aliphatic hydroxyl groups excluding tert-OH is 1. The Hall–Kier alpha value is -1.37. The molecule has 2 aliphatic heterocycles. The maximum Gasteiger partial charge on any atom is 0.331 e. The number of hydrogen-bond donors (Lipinski definition) is 1. The molecule has 180 valence electrons. The zero-order chi connectivity index (χ0) is 23.9. The fraction of sp³-hybridized carbons (Fsp3) is 0.692. The Balaban J connectivity index is 2.23. The van der Waals surface area contributed by atoms with E-state index in [0.717, 1.165) is 28.4 Å². The number of thioether (sulfide) groups is 1. The quantitative estimate of drug-likeness (QED) is 0.442. The molecule has 0 saturated carbocycles. The molecule has 0 aromatic rings. The number of nitrogens with zero attached hydrogens (tertiary/aromatic N) is 1. The minimum Gasteiger partial charge on any atom is -0.454 e. The van der Waals surface area contributed by atoms with Crippen LogP contribution < -0.4 is 0 Å². The van der Waals surface area contributed by atoms with E-state index in [-0.39, 0.29) is 35.4 Å². The van der Waals surface area contributed by atoms with Crippen LogP contribution in [0.4, 0.5) is 0 Å². The largest absolute Gasteiger partial charge is 0.454 e. The molecule has 0 aromatic carbocycles. The van der Waals surface area contributed by atoms with Crippen LogP contribution in [0.3, 0.4) is 0 Å². The number of hydrogen-bond acceptors (Lipinski definition) is 6. The molecule has 2 heterocycles. The lowest BCUT2D eigenvalue weighted by atomic mass is 9.79. The minimum atomic E-state index is -0.455. The van der Waals surface area contributed by atoms with E-state index < -0.39 is 6.10 Å².